The Kier molecular flexibility index (Phi) is 2.84. The van der Waals surface area contributed by atoms with Crippen molar-refractivity contribution >= 4 is 6.08 Å². The monoisotopic (exact) mass is 254 g/mol. The number of hydrogen-bond donors (Lipinski definition) is 0. The largest absolute Gasteiger partial charge is 0.239 e. The maximum Gasteiger partial charge on any atom is 0.175 e. The summed E-state index contributed by atoms with van der Waals surface area (Å²) >= 11 is 0. The van der Waals surface area contributed by atoms with Gasteiger partial charge in [0.1, 0.15) is 0 Å². The van der Waals surface area contributed by atoms with Crippen LogP contribution >= 0.6 is 0 Å². The minimum absolute atomic E-state index is 0.122. The summed E-state index contributed by atoms with van der Waals surface area (Å²) < 4.78 is 15.6. The molecule has 2 atom stereocenters. The average Bonchev–Trinajstić information content (AvgIpc) is 2.98. The van der Waals surface area contributed by atoms with E-state index >= 15 is 0 Å². The van der Waals surface area contributed by atoms with Crippen LogP contribution < -0.4 is 0 Å². The number of halogens is 1. The maximum absolute atomic E-state index is 14.0. The fourth-order valence-corrected chi connectivity index (χ4v) is 2.33. The summed E-state index contributed by atoms with van der Waals surface area (Å²) in [6.07, 6.45) is 2.03. The highest BCUT2D eigenvalue weighted by atomic mass is 19.1. The van der Waals surface area contributed by atoms with E-state index in [2.05, 4.69) is 10.1 Å². The summed E-state index contributed by atoms with van der Waals surface area (Å²) in [5.74, 6) is 0.714. The van der Waals surface area contributed by atoms with Crippen LogP contribution in [0.25, 0.3) is 6.08 Å². The molecular weight excluding hydrogens is 243 g/mol. The Morgan fingerprint density at radius 1 is 1.37 bits per heavy atom. The molecule has 19 heavy (non-hydrogen) atoms. The van der Waals surface area contributed by atoms with E-state index in [0.29, 0.717) is 18.1 Å². The highest BCUT2D eigenvalue weighted by molar-refractivity contribution is 5.43. The Balaban J connectivity index is 2.00. The van der Waals surface area contributed by atoms with Crippen molar-refractivity contribution in [3.05, 3.63) is 53.6 Å². The number of nitriles is 1. The normalized spacial score (nSPS) is 21.5. The molecule has 4 nitrogen and oxygen atoms in total. The second-order valence-electron chi connectivity index (χ2n) is 4.36. The van der Waals surface area contributed by atoms with Gasteiger partial charge in [0.15, 0.2) is 17.8 Å². The molecule has 1 aromatic carbocycles. The topological polar surface area (TPSA) is 54.5 Å². The Morgan fingerprint density at radius 2 is 2.16 bits per heavy atom. The fraction of sp³-hybridized carbons (Fsp3) is 0.214. The molecule has 0 spiro atoms. The minimum Gasteiger partial charge on any atom is -0.239 e. The van der Waals surface area contributed by atoms with Crippen LogP contribution in [0.15, 0.2) is 36.4 Å². The van der Waals surface area contributed by atoms with Crippen molar-refractivity contribution in [1.29, 1.82) is 5.26 Å². The molecule has 5 heteroatoms. The molecule has 0 fully saturated rings. The molecule has 3 rings (SSSR count). The number of allylic oxidation sites excluding steroid dienone is 1. The molecule has 2 heterocycles. The van der Waals surface area contributed by atoms with E-state index in [-0.39, 0.29) is 6.04 Å². The quantitative estimate of drug-likeness (QED) is 0.774. The summed E-state index contributed by atoms with van der Waals surface area (Å²) in [5.41, 5.74) is 1.02. The third kappa shape index (κ3) is 2.02. The maximum atomic E-state index is 14.0. The average molecular weight is 254 g/mol. The van der Waals surface area contributed by atoms with Crippen LogP contribution in [0.4, 0.5) is 4.39 Å². The van der Waals surface area contributed by atoms with Crippen molar-refractivity contribution in [1.82, 2.24) is 14.8 Å². The summed E-state index contributed by atoms with van der Waals surface area (Å²) in [7, 11) is 0. The van der Waals surface area contributed by atoms with Crippen LogP contribution in [0.3, 0.4) is 0 Å². The van der Waals surface area contributed by atoms with Crippen LogP contribution in [-0.2, 0) is 0 Å². The summed E-state index contributed by atoms with van der Waals surface area (Å²) in [6, 6.07) is 11.4. The smallest absolute Gasteiger partial charge is 0.175 e. The molecule has 0 radical (unpaired) electrons. The van der Waals surface area contributed by atoms with E-state index in [0.717, 1.165) is 5.56 Å². The molecule has 0 amide bonds. The first-order valence-electron chi connectivity index (χ1n) is 6.01. The second-order valence-corrected chi connectivity index (χ2v) is 4.36. The van der Waals surface area contributed by atoms with Gasteiger partial charge in [0, 0.05) is 12.5 Å². The van der Waals surface area contributed by atoms with Gasteiger partial charge in [0.05, 0.1) is 12.1 Å². The molecule has 2 unspecified atom stereocenters. The van der Waals surface area contributed by atoms with Crippen molar-refractivity contribution in [2.75, 3.05) is 0 Å². The van der Waals surface area contributed by atoms with Crippen molar-refractivity contribution in [2.24, 2.45) is 0 Å². The van der Waals surface area contributed by atoms with Crippen LogP contribution in [0.1, 0.15) is 35.8 Å². The highest BCUT2D eigenvalue weighted by Gasteiger charge is 2.34. The van der Waals surface area contributed by atoms with Crippen molar-refractivity contribution < 1.29 is 4.39 Å². The van der Waals surface area contributed by atoms with E-state index in [1.807, 2.05) is 36.4 Å². The zero-order valence-corrected chi connectivity index (χ0v) is 10.1. The number of alkyl halides is 1. The number of benzene rings is 1. The van der Waals surface area contributed by atoms with Gasteiger partial charge in [-0.1, -0.05) is 30.3 Å². The second kappa shape index (κ2) is 4.65. The lowest BCUT2D eigenvalue weighted by Gasteiger charge is -2.11. The van der Waals surface area contributed by atoms with Gasteiger partial charge >= 0.3 is 0 Å². The summed E-state index contributed by atoms with van der Waals surface area (Å²) in [6.45, 7) is 0. The van der Waals surface area contributed by atoms with Crippen LogP contribution in [-0.4, -0.2) is 14.8 Å². The molecule has 2 aromatic rings. The third-order valence-corrected chi connectivity index (χ3v) is 3.17. The molecule has 0 saturated carbocycles. The number of fused-ring (bicyclic) bond motifs is 1. The van der Waals surface area contributed by atoms with E-state index in [9.17, 15) is 4.39 Å². The van der Waals surface area contributed by atoms with Crippen LogP contribution in [0, 0.1) is 11.3 Å². The van der Waals surface area contributed by atoms with Gasteiger partial charge in [-0.05, 0) is 11.6 Å². The Morgan fingerprint density at radius 3 is 2.89 bits per heavy atom. The molecule has 1 aliphatic heterocycles. The van der Waals surface area contributed by atoms with E-state index in [1.54, 1.807) is 4.68 Å². The first-order chi connectivity index (χ1) is 9.29. The van der Waals surface area contributed by atoms with E-state index in [1.165, 1.54) is 12.2 Å². The molecule has 0 bridgehead atoms. The van der Waals surface area contributed by atoms with Crippen molar-refractivity contribution in [2.45, 2.75) is 18.6 Å². The summed E-state index contributed by atoms with van der Waals surface area (Å²) in [4.78, 5) is 4.12. The zero-order chi connectivity index (χ0) is 13.2. The van der Waals surface area contributed by atoms with Crippen LogP contribution in [0.5, 0.6) is 0 Å². The number of nitrogens with zero attached hydrogens (tertiary/aromatic N) is 4. The highest BCUT2D eigenvalue weighted by Crippen LogP contribution is 2.39. The van der Waals surface area contributed by atoms with Gasteiger partial charge in [-0.3, -0.25) is 0 Å². The number of aromatic nitrogens is 3. The molecule has 1 aliphatic rings. The van der Waals surface area contributed by atoms with Crippen molar-refractivity contribution in [3.63, 3.8) is 0 Å². The molecule has 0 saturated heterocycles. The predicted octanol–water partition coefficient (Wildman–Crippen LogP) is 2.82. The minimum atomic E-state index is -1.11. The van der Waals surface area contributed by atoms with Gasteiger partial charge in [-0.15, -0.1) is 0 Å². The van der Waals surface area contributed by atoms with E-state index < -0.39 is 6.17 Å². The Labute approximate surface area is 109 Å². The lowest BCUT2D eigenvalue weighted by molar-refractivity contribution is 0.328. The molecule has 1 aromatic heterocycles. The standard InChI is InChI=1S/C14H11FN4/c15-11-9-12(10-5-2-1-3-6-10)19-14(11)17-13(18-19)7-4-8-16/h1-7,11-12H,9H2/b7-4-. The van der Waals surface area contributed by atoms with Gasteiger partial charge in [0.25, 0.3) is 0 Å². The molecule has 94 valence electrons. The van der Waals surface area contributed by atoms with Gasteiger partial charge < -0.3 is 0 Å². The third-order valence-electron chi connectivity index (χ3n) is 3.17. The first kappa shape index (κ1) is 11.6. The fourth-order valence-electron chi connectivity index (χ4n) is 2.33. The number of rotatable bonds is 2. The number of hydrogen-bond acceptors (Lipinski definition) is 3. The lowest BCUT2D eigenvalue weighted by Crippen LogP contribution is -2.07. The zero-order valence-electron chi connectivity index (χ0n) is 10.1. The molecule has 0 aliphatic carbocycles. The van der Waals surface area contributed by atoms with Gasteiger partial charge in [-0.2, -0.15) is 10.4 Å². The molecular formula is C14H11FN4. The lowest BCUT2D eigenvalue weighted by atomic mass is 10.0. The molecule has 0 N–H and O–H groups in total. The SMILES string of the molecule is N#C/C=C\c1nc2n(n1)C(c1ccccc1)CC2F. The van der Waals surface area contributed by atoms with E-state index in [4.69, 9.17) is 5.26 Å². The van der Waals surface area contributed by atoms with Gasteiger partial charge in [0.2, 0.25) is 0 Å². The van der Waals surface area contributed by atoms with Gasteiger partial charge in [-0.25, -0.2) is 14.1 Å². The first-order valence-corrected chi connectivity index (χ1v) is 6.01. The Bertz CT molecular complexity index is 654. The van der Waals surface area contributed by atoms with Crippen LogP contribution in [0.2, 0.25) is 0 Å². The van der Waals surface area contributed by atoms with Crippen molar-refractivity contribution in [3.8, 4) is 6.07 Å². The summed E-state index contributed by atoms with van der Waals surface area (Å²) in [5, 5.41) is 12.7. The Hall–Kier alpha value is -2.48. The predicted molar refractivity (Wildman–Crippen MR) is 67.7 cm³/mol.